The van der Waals surface area contributed by atoms with Crippen LogP contribution in [-0.2, 0) is 10.2 Å². The molecule has 2 aliphatic rings. The Morgan fingerprint density at radius 1 is 1.25 bits per heavy atom. The van der Waals surface area contributed by atoms with Crippen LogP contribution in [0.3, 0.4) is 0 Å². The van der Waals surface area contributed by atoms with Gasteiger partial charge >= 0.3 is 6.36 Å². The molecular weight excluding hydrogens is 393 g/mol. The summed E-state index contributed by atoms with van der Waals surface area (Å²) in [4.78, 5) is 14.6. The lowest BCUT2D eigenvalue weighted by Gasteiger charge is -2.23. The summed E-state index contributed by atoms with van der Waals surface area (Å²) in [6.07, 6.45) is -3.04. The van der Waals surface area contributed by atoms with Crippen molar-refractivity contribution in [2.45, 2.75) is 37.6 Å². The standard InChI is InChI=1S/C20H18ClF3N2O2/c1-11-2-4-13(15(21)8-11)17(25)18(27)26-10-19(6-7-19)14-5-3-12(9-16(14)26)28-20(22,23)24/h2-5,8-9,17H,6-7,10,25H2,1H3. The Morgan fingerprint density at radius 3 is 2.57 bits per heavy atom. The van der Waals surface area contributed by atoms with Crippen LogP contribution in [0.25, 0.3) is 0 Å². The van der Waals surface area contributed by atoms with Crippen molar-refractivity contribution in [1.82, 2.24) is 0 Å². The highest BCUT2D eigenvalue weighted by atomic mass is 35.5. The predicted octanol–water partition coefficient (Wildman–Crippen LogP) is 4.63. The number of anilines is 1. The molecule has 1 aliphatic carbocycles. The number of alkyl halides is 3. The first-order chi connectivity index (χ1) is 13.1. The Bertz CT molecular complexity index is 957. The lowest BCUT2D eigenvalue weighted by atomic mass is 9.99. The van der Waals surface area contributed by atoms with Crippen molar-refractivity contribution >= 4 is 23.2 Å². The SMILES string of the molecule is Cc1ccc(C(N)C(=O)N2CC3(CC3)c3ccc(OC(F)(F)F)cc32)c(Cl)c1. The van der Waals surface area contributed by atoms with Crippen LogP contribution < -0.4 is 15.4 Å². The van der Waals surface area contributed by atoms with E-state index in [9.17, 15) is 18.0 Å². The number of amides is 1. The number of benzene rings is 2. The van der Waals surface area contributed by atoms with Crippen molar-refractivity contribution in [3.05, 3.63) is 58.1 Å². The van der Waals surface area contributed by atoms with E-state index in [1.807, 2.05) is 13.0 Å². The Balaban J connectivity index is 1.68. The molecule has 1 heterocycles. The van der Waals surface area contributed by atoms with Crippen LogP contribution in [0.1, 0.15) is 35.6 Å². The molecule has 148 valence electrons. The largest absolute Gasteiger partial charge is 0.573 e. The number of nitrogens with zero attached hydrogens (tertiary/aromatic N) is 1. The minimum Gasteiger partial charge on any atom is -0.406 e. The van der Waals surface area contributed by atoms with Crippen LogP contribution >= 0.6 is 11.6 Å². The highest BCUT2D eigenvalue weighted by molar-refractivity contribution is 6.31. The predicted molar refractivity (Wildman–Crippen MR) is 99.5 cm³/mol. The molecule has 8 heteroatoms. The Hall–Kier alpha value is -2.25. The summed E-state index contributed by atoms with van der Waals surface area (Å²) in [7, 11) is 0. The quantitative estimate of drug-likeness (QED) is 0.803. The smallest absolute Gasteiger partial charge is 0.406 e. The number of nitrogens with two attached hydrogens (primary N) is 1. The molecular formula is C20H18ClF3N2O2. The van der Waals surface area contributed by atoms with Crippen molar-refractivity contribution in [2.24, 2.45) is 5.73 Å². The summed E-state index contributed by atoms with van der Waals surface area (Å²) in [5, 5.41) is 0.385. The van der Waals surface area contributed by atoms with Crippen molar-refractivity contribution in [2.75, 3.05) is 11.4 Å². The number of halogens is 4. The average Bonchev–Trinajstić information content (AvgIpc) is 3.30. The third kappa shape index (κ3) is 3.33. The topological polar surface area (TPSA) is 55.6 Å². The number of carbonyl (C=O) groups excluding carboxylic acids is 1. The highest BCUT2D eigenvalue weighted by Gasteiger charge is 2.53. The molecule has 1 atom stereocenters. The van der Waals surface area contributed by atoms with Gasteiger partial charge in [0, 0.05) is 23.0 Å². The molecule has 1 fully saturated rings. The maximum Gasteiger partial charge on any atom is 0.573 e. The second kappa shape index (κ2) is 6.39. The molecule has 1 aliphatic heterocycles. The summed E-state index contributed by atoms with van der Waals surface area (Å²) >= 11 is 6.25. The van der Waals surface area contributed by atoms with E-state index in [0.717, 1.165) is 24.0 Å². The molecule has 1 spiro atoms. The molecule has 1 saturated carbocycles. The van der Waals surface area contributed by atoms with Gasteiger partial charge in [0.05, 0.1) is 5.69 Å². The fourth-order valence-corrected chi connectivity index (χ4v) is 4.17. The van der Waals surface area contributed by atoms with Crippen LogP contribution in [0.4, 0.5) is 18.9 Å². The van der Waals surface area contributed by atoms with E-state index in [1.54, 1.807) is 18.2 Å². The molecule has 2 N–H and O–H groups in total. The van der Waals surface area contributed by atoms with E-state index < -0.39 is 18.3 Å². The molecule has 2 aromatic rings. The number of hydrogen-bond donors (Lipinski definition) is 1. The van der Waals surface area contributed by atoms with Gasteiger partial charge in [0.2, 0.25) is 5.91 Å². The number of rotatable bonds is 3. The van der Waals surface area contributed by atoms with Crippen LogP contribution in [0.15, 0.2) is 36.4 Å². The Morgan fingerprint density at radius 2 is 1.96 bits per heavy atom. The first kappa shape index (κ1) is 19.1. The molecule has 0 aromatic heterocycles. The molecule has 1 unspecified atom stereocenters. The molecule has 28 heavy (non-hydrogen) atoms. The minimum absolute atomic E-state index is 0.196. The second-order valence-corrected chi connectivity index (χ2v) is 7.84. The molecule has 0 radical (unpaired) electrons. The maximum atomic E-state index is 13.1. The summed E-state index contributed by atoms with van der Waals surface area (Å²) < 4.78 is 41.8. The van der Waals surface area contributed by atoms with Crippen molar-refractivity contribution in [3.8, 4) is 5.75 Å². The zero-order valence-corrected chi connectivity index (χ0v) is 15.8. The summed E-state index contributed by atoms with van der Waals surface area (Å²) in [6, 6.07) is 8.38. The van der Waals surface area contributed by atoms with Gasteiger partial charge < -0.3 is 15.4 Å². The Kier molecular flexibility index (Phi) is 4.35. The van der Waals surface area contributed by atoms with Crippen LogP contribution in [0.2, 0.25) is 5.02 Å². The average molecular weight is 411 g/mol. The Labute approximate surface area is 165 Å². The third-order valence-electron chi connectivity index (χ3n) is 5.40. The monoisotopic (exact) mass is 410 g/mol. The van der Waals surface area contributed by atoms with Gasteiger partial charge in [-0.2, -0.15) is 0 Å². The van der Waals surface area contributed by atoms with E-state index in [-0.39, 0.29) is 11.2 Å². The molecule has 0 bridgehead atoms. The van der Waals surface area contributed by atoms with Gasteiger partial charge in [0.1, 0.15) is 11.8 Å². The number of carbonyl (C=O) groups is 1. The van der Waals surface area contributed by atoms with Gasteiger partial charge in [-0.3, -0.25) is 4.79 Å². The molecule has 4 nitrogen and oxygen atoms in total. The van der Waals surface area contributed by atoms with Crippen LogP contribution in [-0.4, -0.2) is 18.8 Å². The molecule has 1 amide bonds. The fraction of sp³-hybridized carbons (Fsp3) is 0.350. The van der Waals surface area contributed by atoms with E-state index in [0.29, 0.717) is 22.8 Å². The van der Waals surface area contributed by atoms with Gasteiger partial charge in [-0.1, -0.05) is 29.8 Å². The highest BCUT2D eigenvalue weighted by Crippen LogP contribution is 2.57. The molecule has 4 rings (SSSR count). The second-order valence-electron chi connectivity index (χ2n) is 7.43. The third-order valence-corrected chi connectivity index (χ3v) is 5.73. The summed E-state index contributed by atoms with van der Waals surface area (Å²) in [5.74, 6) is -0.761. The molecule has 2 aromatic carbocycles. The number of ether oxygens (including phenoxy) is 1. The normalized spacial score (nSPS) is 18.1. The lowest BCUT2D eigenvalue weighted by molar-refractivity contribution is -0.274. The number of fused-ring (bicyclic) bond motifs is 2. The number of aryl methyl sites for hydroxylation is 1. The van der Waals surface area contributed by atoms with Gasteiger partial charge in [-0.25, -0.2) is 0 Å². The van der Waals surface area contributed by atoms with Crippen molar-refractivity contribution in [1.29, 1.82) is 0 Å². The first-order valence-electron chi connectivity index (χ1n) is 8.83. The lowest BCUT2D eigenvalue weighted by Crippen LogP contribution is -2.39. The van der Waals surface area contributed by atoms with Crippen molar-refractivity contribution < 1.29 is 22.7 Å². The fourth-order valence-electron chi connectivity index (χ4n) is 3.81. The van der Waals surface area contributed by atoms with E-state index >= 15 is 0 Å². The summed E-state index contributed by atoms with van der Waals surface area (Å²) in [6.45, 7) is 2.27. The van der Waals surface area contributed by atoms with Crippen LogP contribution in [0.5, 0.6) is 5.75 Å². The zero-order chi connectivity index (χ0) is 20.3. The van der Waals surface area contributed by atoms with E-state index in [1.165, 1.54) is 17.0 Å². The number of hydrogen-bond acceptors (Lipinski definition) is 3. The maximum absolute atomic E-state index is 13.1. The van der Waals surface area contributed by atoms with Crippen molar-refractivity contribution in [3.63, 3.8) is 0 Å². The van der Waals surface area contributed by atoms with Gasteiger partial charge in [0.25, 0.3) is 0 Å². The van der Waals surface area contributed by atoms with Crippen LogP contribution in [0, 0.1) is 6.92 Å². The van der Waals surface area contributed by atoms with E-state index in [2.05, 4.69) is 4.74 Å². The summed E-state index contributed by atoms with van der Waals surface area (Å²) in [5.41, 5.74) is 8.69. The first-order valence-corrected chi connectivity index (χ1v) is 9.21. The zero-order valence-electron chi connectivity index (χ0n) is 15.0. The van der Waals surface area contributed by atoms with Gasteiger partial charge in [0.15, 0.2) is 0 Å². The van der Waals surface area contributed by atoms with Gasteiger partial charge in [-0.05, 0) is 48.6 Å². The van der Waals surface area contributed by atoms with Gasteiger partial charge in [-0.15, -0.1) is 13.2 Å². The molecule has 0 saturated heterocycles. The van der Waals surface area contributed by atoms with E-state index in [4.69, 9.17) is 17.3 Å². The minimum atomic E-state index is -4.80.